The summed E-state index contributed by atoms with van der Waals surface area (Å²) in [5, 5.41) is 2.61. The molecule has 21 heavy (non-hydrogen) atoms. The smallest absolute Gasteiger partial charge is 0.222 e. The Hall–Kier alpha value is -1.82. The van der Waals surface area contributed by atoms with E-state index < -0.39 is 23.0 Å². The number of ketones is 1. The monoisotopic (exact) mass is 296 g/mol. The second kappa shape index (κ2) is 6.76. The van der Waals surface area contributed by atoms with Crippen molar-refractivity contribution in [1.82, 2.24) is 10.2 Å². The Morgan fingerprint density at radius 1 is 1.24 bits per heavy atom. The lowest BCUT2D eigenvalue weighted by Crippen LogP contribution is -2.41. The summed E-state index contributed by atoms with van der Waals surface area (Å²) >= 11 is 0. The normalized spacial score (nSPS) is 16.7. The molecule has 6 heteroatoms. The van der Waals surface area contributed by atoms with Crippen LogP contribution in [0.15, 0.2) is 18.2 Å². The Balaban J connectivity index is 1.95. The number of likely N-dealkylation sites (tertiary alicyclic amines) is 1. The zero-order chi connectivity index (χ0) is 15.4. The van der Waals surface area contributed by atoms with Crippen molar-refractivity contribution in [2.75, 3.05) is 26.7 Å². The molecule has 0 saturated carbocycles. The number of benzene rings is 1. The van der Waals surface area contributed by atoms with Gasteiger partial charge in [-0.1, -0.05) is 6.07 Å². The first-order valence-electron chi connectivity index (χ1n) is 6.94. The lowest BCUT2D eigenvalue weighted by molar-refractivity contribution is -0.125. The van der Waals surface area contributed by atoms with Crippen LogP contribution in [0.2, 0.25) is 0 Å². The molecule has 4 nitrogen and oxygen atoms in total. The SMILES string of the molecule is CNC(=O)C1CCN(CC(=O)c2c(F)cccc2F)CC1. The summed E-state index contributed by atoms with van der Waals surface area (Å²) in [5.41, 5.74) is -0.481. The predicted molar refractivity (Wildman–Crippen MR) is 73.9 cm³/mol. The van der Waals surface area contributed by atoms with Crippen LogP contribution >= 0.6 is 0 Å². The summed E-state index contributed by atoms with van der Waals surface area (Å²) < 4.78 is 27.1. The van der Waals surface area contributed by atoms with Gasteiger partial charge in [0.2, 0.25) is 5.91 Å². The van der Waals surface area contributed by atoms with Crippen LogP contribution in [-0.2, 0) is 4.79 Å². The molecule has 0 aliphatic carbocycles. The van der Waals surface area contributed by atoms with E-state index in [1.165, 1.54) is 6.07 Å². The molecule has 0 atom stereocenters. The van der Waals surface area contributed by atoms with Crippen molar-refractivity contribution < 1.29 is 18.4 Å². The van der Waals surface area contributed by atoms with Crippen LogP contribution in [0.25, 0.3) is 0 Å². The zero-order valence-corrected chi connectivity index (χ0v) is 11.9. The molecule has 0 aromatic heterocycles. The van der Waals surface area contributed by atoms with Crippen molar-refractivity contribution in [3.63, 3.8) is 0 Å². The molecule has 1 fully saturated rings. The molecular weight excluding hydrogens is 278 g/mol. The summed E-state index contributed by atoms with van der Waals surface area (Å²) in [6.07, 6.45) is 1.29. The molecule has 0 radical (unpaired) electrons. The van der Waals surface area contributed by atoms with E-state index in [4.69, 9.17) is 0 Å². The molecule has 0 spiro atoms. The Morgan fingerprint density at radius 2 is 1.81 bits per heavy atom. The molecule has 1 saturated heterocycles. The van der Waals surface area contributed by atoms with Crippen molar-refractivity contribution in [3.8, 4) is 0 Å². The highest BCUT2D eigenvalue weighted by Crippen LogP contribution is 2.19. The molecule has 0 bridgehead atoms. The number of carbonyl (C=O) groups excluding carboxylic acids is 2. The maximum Gasteiger partial charge on any atom is 0.222 e. The standard InChI is InChI=1S/C15H18F2N2O2/c1-18-15(21)10-5-7-19(8-6-10)9-13(20)14-11(16)3-2-4-12(14)17/h2-4,10H,5-9H2,1H3,(H,18,21). The number of nitrogens with one attached hydrogen (secondary N) is 1. The quantitative estimate of drug-likeness (QED) is 0.859. The molecule has 114 valence electrons. The number of nitrogens with zero attached hydrogens (tertiary/aromatic N) is 1. The zero-order valence-electron chi connectivity index (χ0n) is 11.9. The van der Waals surface area contributed by atoms with Gasteiger partial charge in [-0.15, -0.1) is 0 Å². The fourth-order valence-corrected chi connectivity index (χ4v) is 2.60. The summed E-state index contributed by atoms with van der Waals surface area (Å²) in [4.78, 5) is 25.4. The van der Waals surface area contributed by atoms with Crippen LogP contribution in [0, 0.1) is 17.6 Å². The number of Topliss-reactive ketones (excluding diaryl/α,β-unsaturated/α-hetero) is 1. The van der Waals surface area contributed by atoms with Gasteiger partial charge < -0.3 is 5.32 Å². The first-order valence-corrected chi connectivity index (χ1v) is 6.94. The number of carbonyl (C=O) groups is 2. The molecule has 0 unspecified atom stereocenters. The number of halogens is 2. The molecule has 1 amide bonds. The van der Waals surface area contributed by atoms with Crippen LogP contribution < -0.4 is 5.32 Å². The van der Waals surface area contributed by atoms with E-state index in [9.17, 15) is 18.4 Å². The van der Waals surface area contributed by atoms with E-state index in [2.05, 4.69) is 5.32 Å². The van der Waals surface area contributed by atoms with Crippen molar-refractivity contribution in [2.45, 2.75) is 12.8 Å². The second-order valence-electron chi connectivity index (χ2n) is 5.18. The third-order valence-electron chi connectivity index (χ3n) is 3.81. The van der Waals surface area contributed by atoms with E-state index in [0.717, 1.165) is 12.1 Å². The van der Waals surface area contributed by atoms with E-state index in [1.54, 1.807) is 7.05 Å². The molecule has 1 aliphatic rings. The number of hydrogen-bond donors (Lipinski definition) is 1. The Bertz CT molecular complexity index is 520. The number of piperidine rings is 1. The van der Waals surface area contributed by atoms with E-state index >= 15 is 0 Å². The minimum Gasteiger partial charge on any atom is -0.359 e. The average Bonchev–Trinajstić information content (AvgIpc) is 2.47. The van der Waals surface area contributed by atoms with Crippen molar-refractivity contribution in [1.29, 1.82) is 0 Å². The van der Waals surface area contributed by atoms with Crippen LogP contribution in [0.4, 0.5) is 8.78 Å². The molecule has 2 rings (SSSR count). The van der Waals surface area contributed by atoms with Gasteiger partial charge in [0.1, 0.15) is 11.6 Å². The maximum atomic E-state index is 13.5. The van der Waals surface area contributed by atoms with Crippen LogP contribution in [0.3, 0.4) is 0 Å². The van der Waals surface area contributed by atoms with Gasteiger partial charge in [0.05, 0.1) is 12.1 Å². The van der Waals surface area contributed by atoms with Gasteiger partial charge in [-0.05, 0) is 38.1 Å². The molecular formula is C15H18F2N2O2. The average molecular weight is 296 g/mol. The highest BCUT2D eigenvalue weighted by atomic mass is 19.1. The molecule has 1 aliphatic heterocycles. The van der Waals surface area contributed by atoms with Crippen molar-refractivity contribution in [3.05, 3.63) is 35.4 Å². The summed E-state index contributed by atoms with van der Waals surface area (Å²) in [5.74, 6) is -2.28. The van der Waals surface area contributed by atoms with Gasteiger partial charge in [0, 0.05) is 13.0 Å². The third-order valence-corrected chi connectivity index (χ3v) is 3.81. The highest BCUT2D eigenvalue weighted by molar-refractivity contribution is 5.98. The van der Waals surface area contributed by atoms with E-state index in [1.807, 2.05) is 4.90 Å². The fraction of sp³-hybridized carbons (Fsp3) is 0.467. The predicted octanol–water partition coefficient (Wildman–Crippen LogP) is 1.61. The van der Waals surface area contributed by atoms with Crippen molar-refractivity contribution in [2.24, 2.45) is 5.92 Å². The Morgan fingerprint density at radius 3 is 2.33 bits per heavy atom. The fourth-order valence-electron chi connectivity index (χ4n) is 2.60. The lowest BCUT2D eigenvalue weighted by Gasteiger charge is -2.30. The van der Waals surface area contributed by atoms with Gasteiger partial charge in [-0.25, -0.2) is 8.78 Å². The summed E-state index contributed by atoms with van der Waals surface area (Å²) in [7, 11) is 1.60. The van der Waals surface area contributed by atoms with Gasteiger partial charge >= 0.3 is 0 Å². The first-order chi connectivity index (χ1) is 10.0. The van der Waals surface area contributed by atoms with Gasteiger partial charge in [-0.2, -0.15) is 0 Å². The number of rotatable bonds is 4. The van der Waals surface area contributed by atoms with Gasteiger partial charge in [0.15, 0.2) is 5.78 Å². The molecule has 1 aromatic rings. The second-order valence-corrected chi connectivity index (χ2v) is 5.18. The van der Waals surface area contributed by atoms with E-state index in [-0.39, 0.29) is 18.4 Å². The highest BCUT2D eigenvalue weighted by Gasteiger charge is 2.26. The van der Waals surface area contributed by atoms with Crippen LogP contribution in [-0.4, -0.2) is 43.3 Å². The van der Waals surface area contributed by atoms with Crippen molar-refractivity contribution >= 4 is 11.7 Å². The molecule has 1 aromatic carbocycles. The third kappa shape index (κ3) is 3.64. The summed E-state index contributed by atoms with van der Waals surface area (Å²) in [6, 6.07) is 3.39. The lowest BCUT2D eigenvalue weighted by atomic mass is 9.95. The van der Waals surface area contributed by atoms with E-state index in [0.29, 0.717) is 25.9 Å². The Labute approximate surface area is 122 Å². The summed E-state index contributed by atoms with van der Waals surface area (Å²) in [6.45, 7) is 1.11. The largest absolute Gasteiger partial charge is 0.359 e. The first kappa shape index (κ1) is 15.6. The number of hydrogen-bond acceptors (Lipinski definition) is 3. The Kier molecular flexibility index (Phi) is 5.01. The van der Waals surface area contributed by atoms with Crippen LogP contribution in [0.5, 0.6) is 0 Å². The molecule has 1 heterocycles. The topological polar surface area (TPSA) is 49.4 Å². The number of amides is 1. The maximum absolute atomic E-state index is 13.5. The van der Waals surface area contributed by atoms with Gasteiger partial charge in [-0.3, -0.25) is 14.5 Å². The van der Waals surface area contributed by atoms with Gasteiger partial charge in [0.25, 0.3) is 0 Å². The molecule has 1 N–H and O–H groups in total. The minimum atomic E-state index is -0.833. The minimum absolute atomic E-state index is 0.00104. The van der Waals surface area contributed by atoms with Crippen LogP contribution in [0.1, 0.15) is 23.2 Å².